The van der Waals surface area contributed by atoms with Crippen molar-refractivity contribution in [2.24, 2.45) is 23.7 Å². The van der Waals surface area contributed by atoms with Crippen LogP contribution in [0.25, 0.3) is 0 Å². The van der Waals surface area contributed by atoms with Gasteiger partial charge in [-0.2, -0.15) is 0 Å². The van der Waals surface area contributed by atoms with Gasteiger partial charge in [-0.15, -0.1) is 0 Å². The molecule has 0 spiro atoms. The first-order chi connectivity index (χ1) is 21.4. The van der Waals surface area contributed by atoms with E-state index in [1.54, 1.807) is 4.90 Å². The van der Waals surface area contributed by atoms with Crippen LogP contribution in [0.1, 0.15) is 118 Å². The Hall–Kier alpha value is -2.00. The number of carbonyl (C=O) groups excluding carboxylic acids is 2. The van der Waals surface area contributed by atoms with Crippen molar-refractivity contribution in [1.82, 2.24) is 4.90 Å². The molecule has 3 heterocycles. The highest BCUT2D eigenvalue weighted by Crippen LogP contribution is 2.38. The molecular weight excluding hydrogens is 570 g/mol. The van der Waals surface area contributed by atoms with Gasteiger partial charge in [0.25, 0.3) is 0 Å². The van der Waals surface area contributed by atoms with Gasteiger partial charge in [0.1, 0.15) is 12.1 Å². The van der Waals surface area contributed by atoms with Crippen LogP contribution in [-0.4, -0.2) is 74.9 Å². The third-order valence-electron chi connectivity index (χ3n) is 10.9. The number of piperidine rings is 1. The maximum Gasteiger partial charge on any atom is 0.329 e. The topological polar surface area (TPSA) is 117 Å². The van der Waals surface area contributed by atoms with Crippen molar-refractivity contribution in [2.45, 2.75) is 154 Å². The number of nitrogens with zero attached hydrogens (tertiary/aromatic N) is 1. The fourth-order valence-electron chi connectivity index (χ4n) is 7.64. The second kappa shape index (κ2) is 16.7. The van der Waals surface area contributed by atoms with Crippen LogP contribution in [-0.2, 0) is 19.1 Å². The molecule has 0 radical (unpaired) electrons. The maximum absolute atomic E-state index is 13.9. The summed E-state index contributed by atoms with van der Waals surface area (Å²) in [5.41, 5.74) is 0.816. The number of amides is 1. The minimum Gasteiger partial charge on any atom is -0.461 e. The Bertz CT molecular complexity index is 1060. The summed E-state index contributed by atoms with van der Waals surface area (Å²) in [6.45, 7) is 8.58. The van der Waals surface area contributed by atoms with Crippen molar-refractivity contribution < 1.29 is 34.4 Å². The van der Waals surface area contributed by atoms with E-state index < -0.39 is 17.9 Å². The smallest absolute Gasteiger partial charge is 0.329 e. The lowest BCUT2D eigenvalue weighted by molar-refractivity contribution is -0.283. The molecule has 0 aromatic rings. The molecular formula is C37H59NO7. The van der Waals surface area contributed by atoms with E-state index >= 15 is 0 Å². The summed E-state index contributed by atoms with van der Waals surface area (Å²) in [5.74, 6) is -1.59. The van der Waals surface area contributed by atoms with Gasteiger partial charge in [0.2, 0.25) is 5.91 Å². The molecule has 8 nitrogen and oxygen atoms in total. The van der Waals surface area contributed by atoms with Crippen LogP contribution in [0.3, 0.4) is 0 Å². The SMILES string of the molecule is C\C1=C/C=C/C=C/[C@@H](C)CCC([C@H](C)CC2CCC(O)CC2)OC(=O)[C@@H]2CCCCN2C(=O)C[C@]2(O)O[C@@H](CC[C@H]2C)C[C@@H]1O. The fraction of sp³-hybridized carbons (Fsp3) is 0.784. The Labute approximate surface area is 270 Å². The Balaban J connectivity index is 1.57. The normalized spacial score (nSPS) is 41.4. The van der Waals surface area contributed by atoms with E-state index in [1.807, 2.05) is 38.2 Å². The molecule has 254 valence electrons. The molecule has 1 unspecified atom stereocenters. The predicted molar refractivity (Wildman–Crippen MR) is 175 cm³/mol. The summed E-state index contributed by atoms with van der Waals surface area (Å²) in [5, 5.41) is 32.5. The van der Waals surface area contributed by atoms with Gasteiger partial charge in [0.05, 0.1) is 24.7 Å². The minimum atomic E-state index is -1.66. The average molecular weight is 630 g/mol. The summed E-state index contributed by atoms with van der Waals surface area (Å²) in [6, 6.07) is -0.671. The van der Waals surface area contributed by atoms with Crippen LogP contribution in [0.4, 0.5) is 0 Å². The Kier molecular flexibility index (Phi) is 13.3. The highest BCUT2D eigenvalue weighted by molar-refractivity contribution is 5.85. The van der Waals surface area contributed by atoms with E-state index in [0.29, 0.717) is 38.1 Å². The number of fused-ring (bicyclic) bond motifs is 3. The molecule has 3 fully saturated rings. The third-order valence-corrected chi connectivity index (χ3v) is 10.9. The second-order valence-electron chi connectivity index (χ2n) is 14.7. The zero-order chi connectivity index (χ0) is 32.6. The van der Waals surface area contributed by atoms with E-state index in [2.05, 4.69) is 19.9 Å². The molecule has 0 aromatic carbocycles. The molecule has 2 bridgehead atoms. The zero-order valence-electron chi connectivity index (χ0n) is 28.1. The fourth-order valence-corrected chi connectivity index (χ4v) is 7.64. The first-order valence-electron chi connectivity index (χ1n) is 17.7. The molecule has 8 heteroatoms. The van der Waals surface area contributed by atoms with Crippen LogP contribution in [0.15, 0.2) is 36.0 Å². The molecule has 8 atom stereocenters. The average Bonchev–Trinajstić information content (AvgIpc) is 3.01. The number of hydrogen-bond acceptors (Lipinski definition) is 7. The van der Waals surface area contributed by atoms with Gasteiger partial charge in [-0.05, 0) is 107 Å². The third kappa shape index (κ3) is 10.2. The first kappa shape index (κ1) is 35.8. The van der Waals surface area contributed by atoms with Crippen molar-refractivity contribution >= 4 is 11.9 Å². The lowest BCUT2D eigenvalue weighted by Gasteiger charge is -2.44. The van der Waals surface area contributed by atoms with E-state index in [1.165, 1.54) is 0 Å². The van der Waals surface area contributed by atoms with Gasteiger partial charge in [-0.3, -0.25) is 4.79 Å². The van der Waals surface area contributed by atoms with Crippen molar-refractivity contribution in [3.63, 3.8) is 0 Å². The van der Waals surface area contributed by atoms with Gasteiger partial charge in [-0.25, -0.2) is 4.79 Å². The lowest BCUT2D eigenvalue weighted by atomic mass is 9.80. The first-order valence-corrected chi connectivity index (χ1v) is 17.7. The molecule has 0 aromatic heterocycles. The Morgan fingerprint density at radius 1 is 0.956 bits per heavy atom. The number of hydrogen-bond donors (Lipinski definition) is 3. The van der Waals surface area contributed by atoms with Crippen molar-refractivity contribution in [3.05, 3.63) is 36.0 Å². The lowest BCUT2D eigenvalue weighted by Crippen LogP contribution is -2.54. The summed E-state index contributed by atoms with van der Waals surface area (Å²) >= 11 is 0. The van der Waals surface area contributed by atoms with E-state index in [9.17, 15) is 24.9 Å². The standard InChI is InChI=1S/C37H59NO7/c1-25-10-6-5-7-11-26(2)33(40)23-31-19-14-28(4)37(43,45-31)24-35(41)38-21-9-8-12-32(38)36(42)44-34(20-13-25)27(3)22-29-15-17-30(39)18-16-29/h5-7,10-11,25,27-34,39-40,43H,8-9,12-24H2,1-4H3/b7-5+,10-6+,26-11+/t25-,27-,28-,29?,30?,31+,32+,33+,34?,37+/m1/s1. The van der Waals surface area contributed by atoms with E-state index in [0.717, 1.165) is 63.4 Å². The van der Waals surface area contributed by atoms with E-state index in [4.69, 9.17) is 9.47 Å². The summed E-state index contributed by atoms with van der Waals surface area (Å²) in [7, 11) is 0. The molecule has 3 N–H and O–H groups in total. The molecule has 3 aliphatic heterocycles. The molecule has 1 amide bonds. The number of aliphatic hydroxyl groups is 3. The largest absolute Gasteiger partial charge is 0.461 e. The summed E-state index contributed by atoms with van der Waals surface area (Å²) in [4.78, 5) is 29.3. The molecule has 4 rings (SSSR count). The molecule has 1 saturated carbocycles. The molecule has 45 heavy (non-hydrogen) atoms. The number of esters is 1. The second-order valence-corrected chi connectivity index (χ2v) is 14.7. The monoisotopic (exact) mass is 629 g/mol. The van der Waals surface area contributed by atoms with Crippen LogP contribution in [0, 0.1) is 23.7 Å². The highest BCUT2D eigenvalue weighted by Gasteiger charge is 2.46. The van der Waals surface area contributed by atoms with Gasteiger partial charge in [0, 0.05) is 18.9 Å². The molecule has 4 aliphatic rings. The number of aliphatic hydroxyl groups excluding tert-OH is 2. The van der Waals surface area contributed by atoms with Crippen LogP contribution in [0.2, 0.25) is 0 Å². The van der Waals surface area contributed by atoms with Gasteiger partial charge >= 0.3 is 5.97 Å². The highest BCUT2D eigenvalue weighted by atomic mass is 16.6. The van der Waals surface area contributed by atoms with Crippen molar-refractivity contribution in [1.29, 1.82) is 0 Å². The zero-order valence-corrected chi connectivity index (χ0v) is 28.1. The maximum atomic E-state index is 13.9. The number of rotatable bonds is 3. The molecule has 2 saturated heterocycles. The summed E-state index contributed by atoms with van der Waals surface area (Å²) in [6.07, 6.45) is 18.3. The Morgan fingerprint density at radius 3 is 2.47 bits per heavy atom. The van der Waals surface area contributed by atoms with Crippen molar-refractivity contribution in [3.8, 4) is 0 Å². The molecule has 1 aliphatic carbocycles. The Morgan fingerprint density at radius 2 is 1.71 bits per heavy atom. The van der Waals surface area contributed by atoms with Gasteiger partial charge in [-0.1, -0.05) is 51.2 Å². The number of allylic oxidation sites excluding steroid dienone is 5. The predicted octanol–water partition coefficient (Wildman–Crippen LogP) is 5.99. The van der Waals surface area contributed by atoms with Crippen LogP contribution < -0.4 is 0 Å². The van der Waals surface area contributed by atoms with Crippen LogP contribution >= 0.6 is 0 Å². The number of cyclic esters (lactones) is 1. The number of carbonyl (C=O) groups is 2. The van der Waals surface area contributed by atoms with E-state index in [-0.39, 0.29) is 54.4 Å². The van der Waals surface area contributed by atoms with Gasteiger partial charge in [0.15, 0.2) is 5.79 Å². The summed E-state index contributed by atoms with van der Waals surface area (Å²) < 4.78 is 12.5. The quantitative estimate of drug-likeness (QED) is 0.329. The van der Waals surface area contributed by atoms with Crippen molar-refractivity contribution in [2.75, 3.05) is 6.54 Å². The van der Waals surface area contributed by atoms with Crippen LogP contribution in [0.5, 0.6) is 0 Å². The number of ether oxygens (including phenoxy) is 2. The minimum absolute atomic E-state index is 0.160. The van der Waals surface area contributed by atoms with Gasteiger partial charge < -0.3 is 29.7 Å².